The van der Waals surface area contributed by atoms with Gasteiger partial charge in [-0.05, 0) is 35.6 Å². The van der Waals surface area contributed by atoms with Gasteiger partial charge in [-0.25, -0.2) is 4.39 Å². The van der Waals surface area contributed by atoms with Crippen molar-refractivity contribution >= 4 is 23.2 Å². The molecule has 1 aromatic carbocycles. The second-order valence-electron chi connectivity index (χ2n) is 4.65. The lowest BCUT2D eigenvalue weighted by atomic mass is 9.98. The Morgan fingerprint density at radius 1 is 1.24 bits per heavy atom. The minimum Gasteiger partial charge on any atom is -0.369 e. The maximum absolute atomic E-state index is 12.8. The zero-order chi connectivity index (χ0) is 15.2. The second kappa shape index (κ2) is 6.99. The van der Waals surface area contributed by atoms with Gasteiger partial charge in [0.1, 0.15) is 5.82 Å². The van der Waals surface area contributed by atoms with E-state index in [9.17, 15) is 14.0 Å². The Kier molecular flexibility index (Phi) is 5.05. The van der Waals surface area contributed by atoms with E-state index in [1.165, 1.54) is 23.5 Å². The molecule has 0 saturated heterocycles. The van der Waals surface area contributed by atoms with E-state index in [1.807, 2.05) is 0 Å². The lowest BCUT2D eigenvalue weighted by Crippen LogP contribution is -2.37. The number of primary amides is 1. The lowest BCUT2D eigenvalue weighted by molar-refractivity contribution is -0.121. The molecule has 0 aliphatic carbocycles. The molecule has 4 nitrogen and oxygen atoms in total. The van der Waals surface area contributed by atoms with E-state index in [0.717, 1.165) is 5.56 Å². The smallest absolute Gasteiger partial charge is 0.252 e. The molecule has 0 aliphatic rings. The van der Waals surface area contributed by atoms with Crippen LogP contribution in [0.5, 0.6) is 0 Å². The summed E-state index contributed by atoms with van der Waals surface area (Å²) in [5, 5.41) is 6.23. The van der Waals surface area contributed by atoms with Gasteiger partial charge in [0.15, 0.2) is 0 Å². The topological polar surface area (TPSA) is 72.2 Å². The Hall–Kier alpha value is -2.21. The summed E-state index contributed by atoms with van der Waals surface area (Å²) in [7, 11) is 0. The van der Waals surface area contributed by atoms with Crippen LogP contribution in [0.3, 0.4) is 0 Å². The molecule has 2 amide bonds. The van der Waals surface area contributed by atoms with Crippen molar-refractivity contribution in [1.29, 1.82) is 0 Å². The van der Waals surface area contributed by atoms with Crippen LogP contribution in [0.15, 0.2) is 41.1 Å². The lowest BCUT2D eigenvalue weighted by Gasteiger charge is -2.14. The van der Waals surface area contributed by atoms with Crippen LogP contribution in [0.2, 0.25) is 0 Å². The molecule has 0 aliphatic heterocycles. The summed E-state index contributed by atoms with van der Waals surface area (Å²) in [6.45, 7) is 0.154. The predicted octanol–water partition coefficient (Wildman–Crippen LogP) is 1.96. The molecule has 3 N–H and O–H groups in total. The van der Waals surface area contributed by atoms with E-state index in [2.05, 4.69) is 5.32 Å². The summed E-state index contributed by atoms with van der Waals surface area (Å²) in [5.74, 6) is -1.59. The number of rotatable bonds is 6. The Morgan fingerprint density at radius 3 is 2.52 bits per heavy atom. The molecule has 2 rings (SSSR count). The molecule has 0 fully saturated rings. The molecule has 2 aromatic rings. The van der Waals surface area contributed by atoms with E-state index < -0.39 is 11.8 Å². The summed E-state index contributed by atoms with van der Waals surface area (Å²) in [6, 6.07) is 7.58. The average Bonchev–Trinajstić information content (AvgIpc) is 2.99. The normalized spacial score (nSPS) is 11.9. The van der Waals surface area contributed by atoms with Crippen LogP contribution in [0.4, 0.5) is 4.39 Å². The number of hydrogen-bond donors (Lipinski definition) is 2. The van der Waals surface area contributed by atoms with Crippen molar-refractivity contribution in [1.82, 2.24) is 5.32 Å². The Bertz CT molecular complexity index is 611. The summed E-state index contributed by atoms with van der Waals surface area (Å²) in [5.41, 5.74) is 6.71. The van der Waals surface area contributed by atoms with Crippen molar-refractivity contribution < 1.29 is 14.0 Å². The number of thiophene rings is 1. The summed E-state index contributed by atoms with van der Waals surface area (Å²) < 4.78 is 12.8. The molecule has 110 valence electrons. The number of benzene rings is 1. The highest BCUT2D eigenvalue weighted by Crippen LogP contribution is 2.10. The number of nitrogens with one attached hydrogen (secondary N) is 1. The fraction of sp³-hybridized carbons (Fsp3) is 0.200. The van der Waals surface area contributed by atoms with Crippen LogP contribution in [-0.4, -0.2) is 18.4 Å². The van der Waals surface area contributed by atoms with Gasteiger partial charge in [0, 0.05) is 17.5 Å². The molecule has 1 atom stereocenters. The molecule has 1 aromatic heterocycles. The molecule has 1 unspecified atom stereocenters. The molecule has 0 spiro atoms. The number of carbonyl (C=O) groups is 2. The standard InChI is InChI=1S/C15H15FN2O2S/c16-13-3-1-10(2-4-13)7-12(14(17)19)8-18-15(20)11-5-6-21-9-11/h1-6,9,12H,7-8H2,(H2,17,19)(H,18,20). The van der Waals surface area contributed by atoms with Crippen LogP contribution in [0.1, 0.15) is 15.9 Å². The first kappa shape index (κ1) is 15.2. The Labute approximate surface area is 125 Å². The van der Waals surface area contributed by atoms with Crippen molar-refractivity contribution in [2.75, 3.05) is 6.54 Å². The van der Waals surface area contributed by atoms with Gasteiger partial charge in [-0.1, -0.05) is 12.1 Å². The van der Waals surface area contributed by atoms with Crippen LogP contribution < -0.4 is 11.1 Å². The zero-order valence-electron chi connectivity index (χ0n) is 11.2. The van der Waals surface area contributed by atoms with E-state index in [-0.39, 0.29) is 18.3 Å². The van der Waals surface area contributed by atoms with E-state index in [0.29, 0.717) is 12.0 Å². The maximum Gasteiger partial charge on any atom is 0.252 e. The summed E-state index contributed by atoms with van der Waals surface area (Å²) >= 11 is 1.42. The largest absolute Gasteiger partial charge is 0.369 e. The highest BCUT2D eigenvalue weighted by atomic mass is 32.1. The molecule has 0 saturated carbocycles. The monoisotopic (exact) mass is 306 g/mol. The van der Waals surface area contributed by atoms with Crippen molar-refractivity contribution in [3.8, 4) is 0 Å². The predicted molar refractivity (Wildman–Crippen MR) is 79.4 cm³/mol. The molecule has 21 heavy (non-hydrogen) atoms. The molecule has 1 heterocycles. The molecular formula is C15H15FN2O2S. The van der Waals surface area contributed by atoms with Gasteiger partial charge in [-0.2, -0.15) is 11.3 Å². The third-order valence-corrected chi connectivity index (χ3v) is 3.77. The highest BCUT2D eigenvalue weighted by molar-refractivity contribution is 7.08. The highest BCUT2D eigenvalue weighted by Gasteiger charge is 2.17. The fourth-order valence-electron chi connectivity index (χ4n) is 1.89. The summed E-state index contributed by atoms with van der Waals surface area (Å²) in [4.78, 5) is 23.3. The number of hydrogen-bond acceptors (Lipinski definition) is 3. The Morgan fingerprint density at radius 2 is 1.95 bits per heavy atom. The quantitative estimate of drug-likeness (QED) is 0.856. The second-order valence-corrected chi connectivity index (χ2v) is 5.43. The maximum atomic E-state index is 12.8. The minimum absolute atomic E-state index is 0.154. The number of nitrogens with two attached hydrogens (primary N) is 1. The van der Waals surface area contributed by atoms with E-state index in [4.69, 9.17) is 5.73 Å². The average molecular weight is 306 g/mol. The van der Waals surface area contributed by atoms with Crippen molar-refractivity contribution in [2.24, 2.45) is 11.7 Å². The van der Waals surface area contributed by atoms with Crippen LogP contribution >= 0.6 is 11.3 Å². The third-order valence-electron chi connectivity index (χ3n) is 3.09. The van der Waals surface area contributed by atoms with Gasteiger partial charge in [0.25, 0.3) is 5.91 Å². The summed E-state index contributed by atoms with van der Waals surface area (Å²) in [6.07, 6.45) is 0.361. The van der Waals surface area contributed by atoms with Gasteiger partial charge in [-0.3, -0.25) is 9.59 Å². The number of carbonyl (C=O) groups excluding carboxylic acids is 2. The van der Waals surface area contributed by atoms with Crippen molar-refractivity contribution in [2.45, 2.75) is 6.42 Å². The van der Waals surface area contributed by atoms with Crippen LogP contribution in [0.25, 0.3) is 0 Å². The van der Waals surface area contributed by atoms with Gasteiger partial charge < -0.3 is 11.1 Å². The van der Waals surface area contributed by atoms with E-state index >= 15 is 0 Å². The SMILES string of the molecule is NC(=O)C(CNC(=O)c1ccsc1)Cc1ccc(F)cc1. The van der Waals surface area contributed by atoms with Crippen LogP contribution in [0, 0.1) is 11.7 Å². The minimum atomic E-state index is -0.530. The van der Waals surface area contributed by atoms with Gasteiger partial charge in [0.2, 0.25) is 5.91 Å². The molecule has 6 heteroatoms. The first-order valence-corrected chi connectivity index (χ1v) is 7.34. The van der Waals surface area contributed by atoms with Crippen molar-refractivity contribution in [3.05, 3.63) is 58.0 Å². The van der Waals surface area contributed by atoms with Gasteiger partial charge in [-0.15, -0.1) is 0 Å². The fourth-order valence-corrected chi connectivity index (χ4v) is 2.53. The first-order valence-electron chi connectivity index (χ1n) is 6.40. The molecule has 0 radical (unpaired) electrons. The van der Waals surface area contributed by atoms with Crippen molar-refractivity contribution in [3.63, 3.8) is 0 Å². The Balaban J connectivity index is 1.94. The van der Waals surface area contributed by atoms with Gasteiger partial charge >= 0.3 is 0 Å². The molecule has 0 bridgehead atoms. The first-order chi connectivity index (χ1) is 10.1. The van der Waals surface area contributed by atoms with Crippen LogP contribution in [-0.2, 0) is 11.2 Å². The number of halogens is 1. The van der Waals surface area contributed by atoms with E-state index in [1.54, 1.807) is 29.0 Å². The number of amides is 2. The zero-order valence-corrected chi connectivity index (χ0v) is 12.0. The third kappa shape index (κ3) is 4.39. The molecular weight excluding hydrogens is 291 g/mol. The van der Waals surface area contributed by atoms with Gasteiger partial charge in [0.05, 0.1) is 5.92 Å².